The maximum absolute atomic E-state index is 13.0. The van der Waals surface area contributed by atoms with E-state index in [0.717, 1.165) is 5.56 Å². The van der Waals surface area contributed by atoms with Crippen molar-refractivity contribution < 1.29 is 28.2 Å². The lowest BCUT2D eigenvalue weighted by atomic mass is 10.1. The maximum atomic E-state index is 13.0. The van der Waals surface area contributed by atoms with Gasteiger partial charge in [-0.25, -0.2) is 14.0 Å². The summed E-state index contributed by atoms with van der Waals surface area (Å²) in [5, 5.41) is 4.79. The Bertz CT molecular complexity index is 796. The molecular formula is C20H21FN2O5. The second kappa shape index (κ2) is 10.7. The van der Waals surface area contributed by atoms with Crippen molar-refractivity contribution in [2.45, 2.75) is 19.1 Å². The highest BCUT2D eigenvalue weighted by Gasteiger charge is 2.22. The van der Waals surface area contributed by atoms with Crippen LogP contribution in [0.1, 0.15) is 11.1 Å². The van der Waals surface area contributed by atoms with Gasteiger partial charge in [-0.05, 0) is 23.3 Å². The van der Waals surface area contributed by atoms with Gasteiger partial charge in [-0.2, -0.15) is 0 Å². The SMILES string of the molecule is COC(=O)[C@H](Cc1ccc(F)cc1)NC(=O)CNC(=O)OCc1ccccc1. The Hall–Kier alpha value is -3.42. The summed E-state index contributed by atoms with van der Waals surface area (Å²) in [4.78, 5) is 35.6. The Labute approximate surface area is 161 Å². The molecule has 7 nitrogen and oxygen atoms in total. The normalized spacial score (nSPS) is 11.2. The summed E-state index contributed by atoms with van der Waals surface area (Å²) in [5.74, 6) is -1.64. The standard InChI is InChI=1S/C20H21FN2O5/c1-27-19(25)17(11-14-7-9-16(21)10-8-14)23-18(24)12-22-20(26)28-13-15-5-3-2-4-6-15/h2-10,17H,11-13H2,1H3,(H,22,26)(H,23,24)/t17-/m0/s1. The second-order valence-corrected chi connectivity index (χ2v) is 5.89. The minimum absolute atomic E-state index is 0.0731. The van der Waals surface area contributed by atoms with Crippen LogP contribution in [0.3, 0.4) is 0 Å². The quantitative estimate of drug-likeness (QED) is 0.675. The van der Waals surface area contributed by atoms with E-state index in [1.165, 1.54) is 31.4 Å². The highest BCUT2D eigenvalue weighted by molar-refractivity contribution is 5.87. The average Bonchev–Trinajstić information content (AvgIpc) is 2.72. The molecule has 0 aliphatic heterocycles. The van der Waals surface area contributed by atoms with Gasteiger partial charge < -0.3 is 20.1 Å². The molecule has 0 fully saturated rings. The molecule has 0 bridgehead atoms. The molecule has 1 atom stereocenters. The summed E-state index contributed by atoms with van der Waals surface area (Å²) < 4.78 is 22.7. The van der Waals surface area contributed by atoms with Gasteiger partial charge in [-0.15, -0.1) is 0 Å². The molecule has 0 saturated heterocycles. The van der Waals surface area contributed by atoms with Crippen LogP contribution in [0.2, 0.25) is 0 Å². The summed E-state index contributed by atoms with van der Waals surface area (Å²) in [7, 11) is 1.20. The second-order valence-electron chi connectivity index (χ2n) is 5.89. The number of rotatable bonds is 8. The van der Waals surface area contributed by atoms with Crippen molar-refractivity contribution in [2.24, 2.45) is 0 Å². The first-order chi connectivity index (χ1) is 13.5. The van der Waals surface area contributed by atoms with E-state index in [1.54, 1.807) is 12.1 Å². The molecule has 0 saturated carbocycles. The minimum atomic E-state index is -0.967. The average molecular weight is 388 g/mol. The molecule has 148 valence electrons. The number of amides is 2. The Kier molecular flexibility index (Phi) is 7.95. The van der Waals surface area contributed by atoms with Crippen LogP contribution in [-0.2, 0) is 32.1 Å². The minimum Gasteiger partial charge on any atom is -0.467 e. The van der Waals surface area contributed by atoms with Crippen LogP contribution in [-0.4, -0.2) is 37.7 Å². The van der Waals surface area contributed by atoms with E-state index in [-0.39, 0.29) is 19.6 Å². The Morgan fingerprint density at radius 2 is 1.68 bits per heavy atom. The largest absolute Gasteiger partial charge is 0.467 e. The van der Waals surface area contributed by atoms with Crippen LogP contribution >= 0.6 is 0 Å². The zero-order valence-electron chi connectivity index (χ0n) is 15.3. The number of ether oxygens (including phenoxy) is 2. The van der Waals surface area contributed by atoms with Gasteiger partial charge in [-0.1, -0.05) is 42.5 Å². The monoisotopic (exact) mass is 388 g/mol. The van der Waals surface area contributed by atoms with Crippen LogP contribution in [0.4, 0.5) is 9.18 Å². The fourth-order valence-electron chi connectivity index (χ4n) is 2.36. The van der Waals surface area contributed by atoms with Crippen molar-refractivity contribution in [3.05, 3.63) is 71.5 Å². The van der Waals surface area contributed by atoms with Crippen LogP contribution in [0.15, 0.2) is 54.6 Å². The van der Waals surface area contributed by atoms with Gasteiger partial charge >= 0.3 is 12.1 Å². The van der Waals surface area contributed by atoms with E-state index in [2.05, 4.69) is 15.4 Å². The fourth-order valence-corrected chi connectivity index (χ4v) is 2.36. The Morgan fingerprint density at radius 3 is 2.32 bits per heavy atom. The van der Waals surface area contributed by atoms with Crippen molar-refractivity contribution in [1.82, 2.24) is 10.6 Å². The van der Waals surface area contributed by atoms with Gasteiger partial charge in [0, 0.05) is 6.42 Å². The molecule has 0 spiro atoms. The summed E-state index contributed by atoms with van der Waals surface area (Å²) in [6.45, 7) is -0.297. The zero-order valence-corrected chi connectivity index (χ0v) is 15.3. The van der Waals surface area contributed by atoms with Gasteiger partial charge in [0.1, 0.15) is 25.0 Å². The van der Waals surface area contributed by atoms with Crippen LogP contribution in [0.5, 0.6) is 0 Å². The van der Waals surface area contributed by atoms with Gasteiger partial charge in [0.05, 0.1) is 7.11 Å². The van der Waals surface area contributed by atoms with E-state index < -0.39 is 29.8 Å². The summed E-state index contributed by atoms with van der Waals surface area (Å²) in [6.07, 6.45) is -0.635. The molecule has 2 aromatic carbocycles. The van der Waals surface area contributed by atoms with E-state index in [1.807, 2.05) is 18.2 Å². The Balaban J connectivity index is 1.81. The van der Waals surface area contributed by atoms with Gasteiger partial charge in [-0.3, -0.25) is 4.79 Å². The van der Waals surface area contributed by atoms with Gasteiger partial charge in [0.15, 0.2) is 0 Å². The van der Waals surface area contributed by atoms with Crippen molar-refractivity contribution in [3.63, 3.8) is 0 Å². The number of carbonyl (C=O) groups excluding carboxylic acids is 3. The Morgan fingerprint density at radius 1 is 1.00 bits per heavy atom. The lowest BCUT2D eigenvalue weighted by Gasteiger charge is -2.17. The number of halogens is 1. The van der Waals surface area contributed by atoms with E-state index in [4.69, 9.17) is 4.74 Å². The number of carbonyl (C=O) groups is 3. The number of hydrogen-bond donors (Lipinski definition) is 2. The number of nitrogens with one attached hydrogen (secondary N) is 2. The first kappa shape index (κ1) is 20.9. The highest BCUT2D eigenvalue weighted by atomic mass is 19.1. The van der Waals surface area contributed by atoms with Crippen LogP contribution in [0.25, 0.3) is 0 Å². The number of alkyl carbamates (subject to hydrolysis) is 1. The molecule has 28 heavy (non-hydrogen) atoms. The third-order valence-electron chi connectivity index (χ3n) is 3.78. The molecule has 2 amide bonds. The molecule has 0 aliphatic rings. The van der Waals surface area contributed by atoms with Crippen molar-refractivity contribution in [1.29, 1.82) is 0 Å². The third-order valence-corrected chi connectivity index (χ3v) is 3.78. The van der Waals surface area contributed by atoms with Crippen molar-refractivity contribution in [2.75, 3.05) is 13.7 Å². The molecule has 8 heteroatoms. The zero-order chi connectivity index (χ0) is 20.4. The third kappa shape index (κ3) is 7.06. The number of hydrogen-bond acceptors (Lipinski definition) is 5. The maximum Gasteiger partial charge on any atom is 0.407 e. The smallest absolute Gasteiger partial charge is 0.407 e. The number of benzene rings is 2. The molecule has 0 aliphatic carbocycles. The van der Waals surface area contributed by atoms with E-state index in [9.17, 15) is 18.8 Å². The molecule has 2 aromatic rings. The molecule has 0 heterocycles. The summed E-state index contributed by atoms with van der Waals surface area (Å²) in [5.41, 5.74) is 1.46. The summed E-state index contributed by atoms with van der Waals surface area (Å²) in [6, 6.07) is 13.7. The molecule has 2 rings (SSSR count). The van der Waals surface area contributed by atoms with Crippen molar-refractivity contribution >= 4 is 18.0 Å². The lowest BCUT2D eigenvalue weighted by molar-refractivity contribution is -0.144. The molecule has 0 aromatic heterocycles. The molecule has 2 N–H and O–H groups in total. The predicted octanol–water partition coefficient (Wildman–Crippen LogP) is 1.95. The van der Waals surface area contributed by atoms with Crippen LogP contribution in [0, 0.1) is 5.82 Å². The van der Waals surface area contributed by atoms with E-state index in [0.29, 0.717) is 5.56 Å². The van der Waals surface area contributed by atoms with Gasteiger partial charge in [0.25, 0.3) is 0 Å². The topological polar surface area (TPSA) is 93.7 Å². The van der Waals surface area contributed by atoms with Gasteiger partial charge in [0.2, 0.25) is 5.91 Å². The first-order valence-electron chi connectivity index (χ1n) is 8.54. The number of methoxy groups -OCH3 is 1. The van der Waals surface area contributed by atoms with E-state index >= 15 is 0 Å². The molecule has 0 radical (unpaired) electrons. The highest BCUT2D eigenvalue weighted by Crippen LogP contribution is 2.07. The molecular weight excluding hydrogens is 367 g/mol. The van der Waals surface area contributed by atoms with Crippen LogP contribution < -0.4 is 10.6 Å². The van der Waals surface area contributed by atoms with Crippen molar-refractivity contribution in [3.8, 4) is 0 Å². The first-order valence-corrected chi connectivity index (χ1v) is 8.54. The predicted molar refractivity (Wildman–Crippen MR) is 98.7 cm³/mol. The fraction of sp³-hybridized carbons (Fsp3) is 0.250. The number of esters is 1. The summed E-state index contributed by atoms with van der Waals surface area (Å²) >= 11 is 0. The lowest BCUT2D eigenvalue weighted by Crippen LogP contribution is -2.47. The molecule has 0 unspecified atom stereocenters.